The molecule has 2 amide bonds. The lowest BCUT2D eigenvalue weighted by Gasteiger charge is -2.38. The van der Waals surface area contributed by atoms with Gasteiger partial charge in [-0.25, -0.2) is 4.39 Å². The van der Waals surface area contributed by atoms with Crippen molar-refractivity contribution in [1.29, 1.82) is 0 Å². The average molecular weight is 453 g/mol. The van der Waals surface area contributed by atoms with E-state index in [2.05, 4.69) is 29.0 Å². The van der Waals surface area contributed by atoms with Crippen molar-refractivity contribution in [2.45, 2.75) is 38.8 Å². The highest BCUT2D eigenvalue weighted by Crippen LogP contribution is 2.26. The molecule has 0 saturated carbocycles. The fourth-order valence-electron chi connectivity index (χ4n) is 4.72. The standard InChI is InChI=1S/C26H33FN4O2/c1-19(2)29-15-17-31(18-16-29)26(33)22-8-4-6-10-24(22)30-13-11-20(12-14-30)28-25(32)21-7-3-5-9-23(21)27/h3-10,19-20H,11-18H2,1-2H3,(H,28,32). The Kier molecular flexibility index (Phi) is 7.28. The molecule has 2 saturated heterocycles. The molecule has 0 bridgehead atoms. The first-order valence-electron chi connectivity index (χ1n) is 11.9. The van der Waals surface area contributed by atoms with Crippen molar-refractivity contribution in [2.75, 3.05) is 44.2 Å². The van der Waals surface area contributed by atoms with Crippen LogP contribution in [0.2, 0.25) is 0 Å². The van der Waals surface area contributed by atoms with Gasteiger partial charge in [-0.05, 0) is 51.0 Å². The third-order valence-electron chi connectivity index (χ3n) is 6.76. The van der Waals surface area contributed by atoms with Crippen molar-refractivity contribution < 1.29 is 14.0 Å². The zero-order chi connectivity index (χ0) is 23.4. The molecular formula is C26H33FN4O2. The van der Waals surface area contributed by atoms with Crippen molar-refractivity contribution in [3.63, 3.8) is 0 Å². The summed E-state index contributed by atoms with van der Waals surface area (Å²) in [5.74, 6) is -0.791. The molecule has 6 nitrogen and oxygen atoms in total. The van der Waals surface area contributed by atoms with E-state index in [0.29, 0.717) is 6.04 Å². The number of hydrogen-bond acceptors (Lipinski definition) is 4. The minimum Gasteiger partial charge on any atom is -0.371 e. The molecule has 33 heavy (non-hydrogen) atoms. The van der Waals surface area contributed by atoms with Crippen LogP contribution in [0.5, 0.6) is 0 Å². The van der Waals surface area contributed by atoms with E-state index >= 15 is 0 Å². The molecule has 2 aliphatic heterocycles. The van der Waals surface area contributed by atoms with Gasteiger partial charge in [-0.2, -0.15) is 0 Å². The second-order valence-electron chi connectivity index (χ2n) is 9.15. The van der Waals surface area contributed by atoms with E-state index in [9.17, 15) is 14.0 Å². The SMILES string of the molecule is CC(C)N1CCN(C(=O)c2ccccc2N2CCC(NC(=O)c3ccccc3F)CC2)CC1. The topological polar surface area (TPSA) is 55.9 Å². The Morgan fingerprint density at radius 2 is 1.48 bits per heavy atom. The third-order valence-corrected chi connectivity index (χ3v) is 6.76. The van der Waals surface area contributed by atoms with Crippen molar-refractivity contribution in [1.82, 2.24) is 15.1 Å². The van der Waals surface area contributed by atoms with Gasteiger partial charge in [0.15, 0.2) is 0 Å². The summed E-state index contributed by atoms with van der Waals surface area (Å²) in [6.45, 7) is 9.13. The number of para-hydroxylation sites is 1. The number of hydrogen-bond donors (Lipinski definition) is 1. The number of anilines is 1. The number of benzene rings is 2. The molecule has 0 spiro atoms. The number of amides is 2. The maximum Gasteiger partial charge on any atom is 0.256 e. The Morgan fingerprint density at radius 1 is 0.879 bits per heavy atom. The van der Waals surface area contributed by atoms with Crippen molar-refractivity contribution in [3.05, 3.63) is 65.5 Å². The molecule has 2 fully saturated rings. The summed E-state index contributed by atoms with van der Waals surface area (Å²) >= 11 is 0. The molecule has 0 atom stereocenters. The quantitative estimate of drug-likeness (QED) is 0.756. The van der Waals surface area contributed by atoms with Crippen LogP contribution < -0.4 is 10.2 Å². The molecule has 2 aromatic carbocycles. The lowest BCUT2D eigenvalue weighted by molar-refractivity contribution is 0.0596. The summed E-state index contributed by atoms with van der Waals surface area (Å²) in [6.07, 6.45) is 1.49. The summed E-state index contributed by atoms with van der Waals surface area (Å²) in [4.78, 5) is 32.4. The van der Waals surface area contributed by atoms with Crippen molar-refractivity contribution >= 4 is 17.5 Å². The molecule has 0 radical (unpaired) electrons. The van der Waals surface area contributed by atoms with Crippen molar-refractivity contribution in [2.24, 2.45) is 0 Å². The average Bonchev–Trinajstić information content (AvgIpc) is 2.84. The Hall–Kier alpha value is -2.93. The van der Waals surface area contributed by atoms with Crippen LogP contribution in [0.15, 0.2) is 48.5 Å². The van der Waals surface area contributed by atoms with Crippen LogP contribution in [0.3, 0.4) is 0 Å². The van der Waals surface area contributed by atoms with E-state index in [-0.39, 0.29) is 23.4 Å². The normalized spacial score (nSPS) is 17.9. The fraction of sp³-hybridized carbons (Fsp3) is 0.462. The van der Waals surface area contributed by atoms with E-state index in [1.54, 1.807) is 12.1 Å². The fourth-order valence-corrected chi connectivity index (χ4v) is 4.72. The monoisotopic (exact) mass is 452 g/mol. The molecule has 2 aromatic rings. The number of nitrogens with zero attached hydrogens (tertiary/aromatic N) is 3. The lowest BCUT2D eigenvalue weighted by atomic mass is 10.0. The molecule has 176 valence electrons. The number of carbonyl (C=O) groups excluding carboxylic acids is 2. The van der Waals surface area contributed by atoms with Gasteiger partial charge in [0.25, 0.3) is 11.8 Å². The van der Waals surface area contributed by atoms with E-state index < -0.39 is 5.82 Å². The smallest absolute Gasteiger partial charge is 0.256 e. The van der Waals surface area contributed by atoms with E-state index in [0.717, 1.165) is 63.4 Å². The first-order valence-corrected chi connectivity index (χ1v) is 11.9. The second-order valence-corrected chi connectivity index (χ2v) is 9.15. The molecule has 2 aliphatic rings. The highest BCUT2D eigenvalue weighted by Gasteiger charge is 2.28. The number of halogens is 1. The maximum atomic E-state index is 13.9. The van der Waals surface area contributed by atoms with E-state index in [4.69, 9.17) is 0 Å². The second kappa shape index (κ2) is 10.3. The highest BCUT2D eigenvalue weighted by atomic mass is 19.1. The number of piperazine rings is 1. The summed E-state index contributed by atoms with van der Waals surface area (Å²) in [5.41, 5.74) is 1.77. The largest absolute Gasteiger partial charge is 0.371 e. The predicted octanol–water partition coefficient (Wildman–Crippen LogP) is 3.39. The van der Waals surface area contributed by atoms with Crippen LogP contribution in [-0.4, -0.2) is 73.0 Å². The maximum absolute atomic E-state index is 13.9. The lowest BCUT2D eigenvalue weighted by Crippen LogP contribution is -2.51. The van der Waals surface area contributed by atoms with Crippen LogP contribution in [0.25, 0.3) is 0 Å². The first-order chi connectivity index (χ1) is 15.9. The van der Waals surface area contributed by atoms with Gasteiger partial charge in [-0.15, -0.1) is 0 Å². The van der Waals surface area contributed by atoms with Gasteiger partial charge < -0.3 is 15.1 Å². The predicted molar refractivity (Wildman–Crippen MR) is 128 cm³/mol. The van der Waals surface area contributed by atoms with Crippen LogP contribution in [0.1, 0.15) is 47.4 Å². The zero-order valence-corrected chi connectivity index (χ0v) is 19.5. The van der Waals surface area contributed by atoms with E-state index in [1.807, 2.05) is 29.2 Å². The molecule has 0 aliphatic carbocycles. The van der Waals surface area contributed by atoms with E-state index in [1.165, 1.54) is 12.1 Å². The Balaban J connectivity index is 1.37. The molecule has 7 heteroatoms. The van der Waals surface area contributed by atoms with Crippen LogP contribution >= 0.6 is 0 Å². The van der Waals surface area contributed by atoms with Gasteiger partial charge in [-0.1, -0.05) is 24.3 Å². The number of rotatable bonds is 5. The molecule has 2 heterocycles. The van der Waals surface area contributed by atoms with Crippen molar-refractivity contribution in [3.8, 4) is 0 Å². The number of piperidine rings is 1. The first kappa shape index (κ1) is 23.2. The van der Waals surface area contributed by atoms with Gasteiger partial charge in [0, 0.05) is 57.0 Å². The van der Waals surface area contributed by atoms with Gasteiger partial charge in [0.05, 0.1) is 11.1 Å². The highest BCUT2D eigenvalue weighted by molar-refractivity contribution is 6.00. The summed E-state index contributed by atoms with van der Waals surface area (Å²) < 4.78 is 13.9. The van der Waals surface area contributed by atoms with Gasteiger partial charge >= 0.3 is 0 Å². The van der Waals surface area contributed by atoms with Crippen LogP contribution in [-0.2, 0) is 0 Å². The zero-order valence-electron chi connectivity index (χ0n) is 19.5. The van der Waals surface area contributed by atoms with Gasteiger partial charge in [0.1, 0.15) is 5.82 Å². The molecule has 0 unspecified atom stereocenters. The molecule has 1 N–H and O–H groups in total. The third kappa shape index (κ3) is 5.36. The van der Waals surface area contributed by atoms with Gasteiger partial charge in [0.2, 0.25) is 0 Å². The van der Waals surface area contributed by atoms with Gasteiger partial charge in [-0.3, -0.25) is 14.5 Å². The Morgan fingerprint density at radius 3 is 2.12 bits per heavy atom. The number of carbonyl (C=O) groups is 2. The minimum absolute atomic E-state index is 0.0136. The Bertz CT molecular complexity index is 980. The summed E-state index contributed by atoms with van der Waals surface area (Å²) in [5, 5.41) is 2.96. The molecule has 4 rings (SSSR count). The molecule has 0 aromatic heterocycles. The number of nitrogens with one attached hydrogen (secondary N) is 1. The Labute approximate surface area is 195 Å². The minimum atomic E-state index is -0.505. The van der Waals surface area contributed by atoms with Crippen LogP contribution in [0, 0.1) is 5.82 Å². The van der Waals surface area contributed by atoms with Crippen LogP contribution in [0.4, 0.5) is 10.1 Å². The molecular weight excluding hydrogens is 419 g/mol. The summed E-state index contributed by atoms with van der Waals surface area (Å²) in [7, 11) is 0. The summed E-state index contributed by atoms with van der Waals surface area (Å²) in [6, 6.07) is 14.3.